The minimum atomic E-state index is -0.746. The van der Waals surface area contributed by atoms with Crippen LogP contribution >= 0.6 is 11.3 Å². The summed E-state index contributed by atoms with van der Waals surface area (Å²) in [7, 11) is 0. The molecule has 3 rings (SSSR count). The highest BCUT2D eigenvalue weighted by atomic mass is 32.1. The second-order valence-electron chi connectivity index (χ2n) is 4.22. The van der Waals surface area contributed by atoms with Crippen molar-refractivity contribution in [3.8, 4) is 10.4 Å². The molecule has 3 heterocycles. The van der Waals surface area contributed by atoms with E-state index in [9.17, 15) is 9.59 Å². The zero-order valence-electron chi connectivity index (χ0n) is 10.3. The number of aliphatic hydroxyl groups excluding tert-OH is 1. The van der Waals surface area contributed by atoms with Gasteiger partial charge in [-0.3, -0.25) is 14.3 Å². The van der Waals surface area contributed by atoms with Crippen LogP contribution in [0.4, 0.5) is 0 Å². The molecule has 106 valence electrons. The Labute approximate surface area is 117 Å². The minimum Gasteiger partial charge on any atom is -0.391 e. The van der Waals surface area contributed by atoms with Crippen LogP contribution in [-0.2, 0) is 9.47 Å². The van der Waals surface area contributed by atoms with Crippen molar-refractivity contribution in [3.05, 3.63) is 44.5 Å². The molecule has 2 N–H and O–H groups in total. The Morgan fingerprint density at radius 1 is 1.50 bits per heavy atom. The summed E-state index contributed by atoms with van der Waals surface area (Å²) in [5, 5.41) is 10.8. The number of rotatable bonds is 3. The Morgan fingerprint density at radius 2 is 2.35 bits per heavy atom. The largest absolute Gasteiger partial charge is 0.391 e. The molecule has 1 aliphatic heterocycles. The Kier molecular flexibility index (Phi) is 3.53. The highest BCUT2D eigenvalue weighted by molar-refractivity contribution is 7.13. The van der Waals surface area contributed by atoms with Gasteiger partial charge in [-0.25, -0.2) is 4.79 Å². The molecule has 1 fully saturated rings. The Balaban J connectivity index is 2.02. The number of aromatic nitrogens is 2. The lowest BCUT2D eigenvalue weighted by Crippen LogP contribution is -2.33. The number of ether oxygens (including phenoxy) is 2. The molecule has 7 nitrogen and oxygen atoms in total. The van der Waals surface area contributed by atoms with Crippen LogP contribution in [0.2, 0.25) is 0 Å². The molecule has 0 radical (unpaired) electrons. The number of H-pyrrole nitrogens is 1. The van der Waals surface area contributed by atoms with E-state index in [1.54, 1.807) is 6.07 Å². The number of aliphatic hydroxyl groups is 1. The van der Waals surface area contributed by atoms with Crippen LogP contribution in [0.25, 0.3) is 10.4 Å². The number of nitrogens with zero attached hydrogens (tertiary/aromatic N) is 1. The molecule has 0 saturated carbocycles. The predicted molar refractivity (Wildman–Crippen MR) is 71.6 cm³/mol. The molecule has 2 atom stereocenters. The SMILES string of the molecule is O=c1[nH]c(=O)n([C@@H]2CO[C@H](CO)O2)cc1-c1cccs1. The molecule has 2 aromatic heterocycles. The summed E-state index contributed by atoms with van der Waals surface area (Å²) in [6, 6.07) is 3.62. The summed E-state index contributed by atoms with van der Waals surface area (Å²) in [6.07, 6.45) is 0.0556. The highest BCUT2D eigenvalue weighted by Gasteiger charge is 2.28. The number of nitrogens with one attached hydrogen (secondary N) is 1. The monoisotopic (exact) mass is 296 g/mol. The molecule has 0 amide bonds. The average Bonchev–Trinajstić information content (AvgIpc) is 3.09. The van der Waals surface area contributed by atoms with E-state index in [0.717, 1.165) is 4.88 Å². The second-order valence-corrected chi connectivity index (χ2v) is 5.17. The molecule has 2 aromatic rings. The number of thiophene rings is 1. The summed E-state index contributed by atoms with van der Waals surface area (Å²) >= 11 is 1.40. The van der Waals surface area contributed by atoms with Gasteiger partial charge in [-0.1, -0.05) is 6.07 Å². The first kappa shape index (κ1) is 13.3. The zero-order chi connectivity index (χ0) is 14.1. The first-order valence-corrected chi connectivity index (χ1v) is 6.84. The van der Waals surface area contributed by atoms with Gasteiger partial charge in [-0.2, -0.15) is 0 Å². The summed E-state index contributed by atoms with van der Waals surface area (Å²) in [4.78, 5) is 26.7. The standard InChI is InChI=1S/C12H12N2O5S/c15-5-10-18-6-9(19-10)14-4-7(8-2-1-3-20-8)11(16)13-12(14)17/h1-4,9-10,15H,5-6H2,(H,13,16,17)/t9-,10-/m0/s1. The van der Waals surface area contributed by atoms with E-state index >= 15 is 0 Å². The molecular weight excluding hydrogens is 284 g/mol. The third-order valence-electron chi connectivity index (χ3n) is 2.95. The van der Waals surface area contributed by atoms with Crippen LogP contribution in [0.3, 0.4) is 0 Å². The lowest BCUT2D eigenvalue weighted by molar-refractivity contribution is -0.0992. The zero-order valence-corrected chi connectivity index (χ0v) is 11.1. The second kappa shape index (κ2) is 5.33. The van der Waals surface area contributed by atoms with E-state index in [0.29, 0.717) is 5.56 Å². The van der Waals surface area contributed by atoms with Gasteiger partial charge < -0.3 is 14.6 Å². The van der Waals surface area contributed by atoms with Gasteiger partial charge >= 0.3 is 5.69 Å². The highest BCUT2D eigenvalue weighted by Crippen LogP contribution is 2.23. The fraction of sp³-hybridized carbons (Fsp3) is 0.333. The molecule has 0 spiro atoms. The average molecular weight is 296 g/mol. The molecule has 0 unspecified atom stereocenters. The van der Waals surface area contributed by atoms with E-state index in [-0.39, 0.29) is 13.2 Å². The lowest BCUT2D eigenvalue weighted by Gasteiger charge is -2.13. The van der Waals surface area contributed by atoms with Gasteiger partial charge in [0.1, 0.15) is 0 Å². The fourth-order valence-electron chi connectivity index (χ4n) is 1.99. The number of aromatic amines is 1. The van der Waals surface area contributed by atoms with Crippen molar-refractivity contribution in [1.29, 1.82) is 0 Å². The fourth-order valence-corrected chi connectivity index (χ4v) is 2.72. The van der Waals surface area contributed by atoms with Gasteiger partial charge in [0.25, 0.3) is 5.56 Å². The minimum absolute atomic E-state index is 0.140. The summed E-state index contributed by atoms with van der Waals surface area (Å²) in [5.74, 6) is 0. The Hall–Kier alpha value is -1.74. The summed E-state index contributed by atoms with van der Waals surface area (Å²) in [5.41, 5.74) is -0.607. The van der Waals surface area contributed by atoms with Gasteiger partial charge in [-0.05, 0) is 11.4 Å². The predicted octanol–water partition coefficient (Wildman–Crippen LogP) is 0.129. The molecule has 8 heteroatoms. The normalized spacial score (nSPS) is 22.2. The topological polar surface area (TPSA) is 93.6 Å². The molecule has 20 heavy (non-hydrogen) atoms. The van der Waals surface area contributed by atoms with Crippen molar-refractivity contribution in [3.63, 3.8) is 0 Å². The molecule has 0 bridgehead atoms. The maximum absolute atomic E-state index is 11.9. The summed E-state index contributed by atoms with van der Waals surface area (Å²) < 4.78 is 11.8. The lowest BCUT2D eigenvalue weighted by atomic mass is 10.3. The van der Waals surface area contributed by atoms with Crippen molar-refractivity contribution in [2.75, 3.05) is 13.2 Å². The van der Waals surface area contributed by atoms with Crippen molar-refractivity contribution in [1.82, 2.24) is 9.55 Å². The molecule has 0 aliphatic carbocycles. The van der Waals surface area contributed by atoms with Crippen LogP contribution in [0.15, 0.2) is 33.3 Å². The third kappa shape index (κ3) is 2.34. The van der Waals surface area contributed by atoms with Crippen LogP contribution in [0.5, 0.6) is 0 Å². The molecule has 1 aliphatic rings. The maximum Gasteiger partial charge on any atom is 0.330 e. The van der Waals surface area contributed by atoms with E-state index < -0.39 is 23.8 Å². The van der Waals surface area contributed by atoms with E-state index in [1.807, 2.05) is 11.4 Å². The van der Waals surface area contributed by atoms with Crippen LogP contribution < -0.4 is 11.2 Å². The first-order chi connectivity index (χ1) is 9.69. The summed E-state index contributed by atoms with van der Waals surface area (Å²) in [6.45, 7) is -0.145. The number of hydrogen-bond acceptors (Lipinski definition) is 6. The van der Waals surface area contributed by atoms with Crippen LogP contribution in [0, 0.1) is 0 Å². The molecule has 1 saturated heterocycles. The van der Waals surface area contributed by atoms with Crippen LogP contribution in [-0.4, -0.2) is 34.2 Å². The molecular formula is C12H12N2O5S. The maximum atomic E-state index is 11.9. The van der Waals surface area contributed by atoms with Gasteiger partial charge in [0.05, 0.1) is 18.8 Å². The van der Waals surface area contributed by atoms with Gasteiger partial charge in [0, 0.05) is 11.1 Å². The third-order valence-corrected chi connectivity index (χ3v) is 3.85. The van der Waals surface area contributed by atoms with Gasteiger partial charge in [0.15, 0.2) is 12.5 Å². The van der Waals surface area contributed by atoms with Crippen molar-refractivity contribution < 1.29 is 14.6 Å². The van der Waals surface area contributed by atoms with Crippen molar-refractivity contribution in [2.24, 2.45) is 0 Å². The van der Waals surface area contributed by atoms with Crippen molar-refractivity contribution in [2.45, 2.75) is 12.5 Å². The van der Waals surface area contributed by atoms with E-state index in [2.05, 4.69) is 4.98 Å². The Morgan fingerprint density at radius 3 is 3.00 bits per heavy atom. The number of hydrogen-bond donors (Lipinski definition) is 2. The van der Waals surface area contributed by atoms with Gasteiger partial charge in [0.2, 0.25) is 0 Å². The first-order valence-electron chi connectivity index (χ1n) is 5.96. The molecule has 0 aromatic carbocycles. The smallest absolute Gasteiger partial charge is 0.330 e. The van der Waals surface area contributed by atoms with Gasteiger partial charge in [-0.15, -0.1) is 11.3 Å². The van der Waals surface area contributed by atoms with E-state index in [4.69, 9.17) is 14.6 Å². The van der Waals surface area contributed by atoms with Crippen molar-refractivity contribution >= 4 is 11.3 Å². The van der Waals surface area contributed by atoms with Crippen LogP contribution in [0.1, 0.15) is 6.23 Å². The van der Waals surface area contributed by atoms with E-state index in [1.165, 1.54) is 22.1 Å². The quantitative estimate of drug-likeness (QED) is 0.839. The Bertz CT molecular complexity index is 705.